The lowest BCUT2D eigenvalue weighted by Crippen LogP contribution is -2.49. The van der Waals surface area contributed by atoms with Gasteiger partial charge in [0.1, 0.15) is 17.2 Å². The average Bonchev–Trinajstić information content (AvgIpc) is 3.11. The number of likely N-dealkylation sites (N-methyl/N-ethyl adjacent to an activating group) is 1. The van der Waals surface area contributed by atoms with Gasteiger partial charge in [-0.05, 0) is 31.2 Å². The molecular weight excluding hydrogens is 477 g/mol. The van der Waals surface area contributed by atoms with Gasteiger partial charge in [0.25, 0.3) is 5.91 Å². The zero-order valence-electron chi connectivity index (χ0n) is 20.0. The highest BCUT2D eigenvalue weighted by Gasteiger charge is 2.42. The van der Waals surface area contributed by atoms with E-state index in [1.165, 1.54) is 23.4 Å². The summed E-state index contributed by atoms with van der Waals surface area (Å²) in [4.78, 5) is 27.4. The molecular formula is C24H31ClFN5O4. The number of ether oxygens (including phenoxy) is 1. The van der Waals surface area contributed by atoms with Gasteiger partial charge in [-0.1, -0.05) is 18.5 Å². The van der Waals surface area contributed by atoms with Crippen LogP contribution in [0.4, 0.5) is 4.39 Å². The lowest BCUT2D eigenvalue weighted by atomic mass is 9.88. The van der Waals surface area contributed by atoms with Gasteiger partial charge in [-0.2, -0.15) is 0 Å². The summed E-state index contributed by atoms with van der Waals surface area (Å²) in [6.07, 6.45) is 2.14. The van der Waals surface area contributed by atoms with E-state index in [1.807, 2.05) is 6.92 Å². The van der Waals surface area contributed by atoms with Crippen LogP contribution in [0, 0.1) is 5.82 Å². The molecule has 0 bridgehead atoms. The third kappa shape index (κ3) is 5.47. The van der Waals surface area contributed by atoms with E-state index in [0.29, 0.717) is 29.4 Å². The number of hydrogen-bond donors (Lipinski definition) is 2. The largest absolute Gasteiger partial charge is 0.394 e. The molecule has 1 aromatic carbocycles. The van der Waals surface area contributed by atoms with E-state index in [1.54, 1.807) is 6.07 Å². The number of carbonyl (C=O) groups excluding carboxylic acids is 1. The van der Waals surface area contributed by atoms with Crippen molar-refractivity contribution in [1.82, 2.24) is 24.7 Å². The van der Waals surface area contributed by atoms with Crippen LogP contribution in [0.5, 0.6) is 0 Å². The Kier molecular flexibility index (Phi) is 7.99. The first-order chi connectivity index (χ1) is 16.8. The summed E-state index contributed by atoms with van der Waals surface area (Å²) in [7, 11) is 2.06. The highest BCUT2D eigenvalue weighted by atomic mass is 35.5. The second-order valence-electron chi connectivity index (χ2n) is 9.08. The predicted octanol–water partition coefficient (Wildman–Crippen LogP) is 1.78. The Morgan fingerprint density at radius 1 is 1.23 bits per heavy atom. The fraction of sp³-hybridized carbons (Fsp3) is 0.542. The third-order valence-corrected chi connectivity index (χ3v) is 6.90. The molecule has 2 N–H and O–H groups in total. The zero-order chi connectivity index (χ0) is 25.2. The van der Waals surface area contributed by atoms with Crippen molar-refractivity contribution in [2.75, 3.05) is 53.0 Å². The molecule has 0 aliphatic carbocycles. The number of carbonyl (C=O) groups is 1. The van der Waals surface area contributed by atoms with Crippen molar-refractivity contribution in [1.29, 1.82) is 0 Å². The van der Waals surface area contributed by atoms with Gasteiger partial charge in [-0.3, -0.25) is 9.69 Å². The van der Waals surface area contributed by atoms with Gasteiger partial charge in [0, 0.05) is 50.7 Å². The summed E-state index contributed by atoms with van der Waals surface area (Å²) in [6, 6.07) is 2.86. The summed E-state index contributed by atoms with van der Waals surface area (Å²) in [5, 5.41) is 21.2. The molecule has 0 radical (unpaired) electrons. The van der Waals surface area contributed by atoms with Gasteiger partial charge in [-0.15, -0.1) is 0 Å². The van der Waals surface area contributed by atoms with Crippen molar-refractivity contribution >= 4 is 17.5 Å². The number of hydrogen-bond acceptors (Lipinski definition) is 8. The van der Waals surface area contributed by atoms with E-state index < -0.39 is 23.6 Å². The lowest BCUT2D eigenvalue weighted by molar-refractivity contribution is -0.0555. The van der Waals surface area contributed by atoms with E-state index in [2.05, 4.69) is 26.8 Å². The van der Waals surface area contributed by atoms with E-state index >= 15 is 4.39 Å². The van der Waals surface area contributed by atoms with Gasteiger partial charge in [0.05, 0.1) is 30.3 Å². The Morgan fingerprint density at radius 2 is 1.91 bits per heavy atom. The third-order valence-electron chi connectivity index (χ3n) is 6.71. The molecule has 11 heteroatoms. The Morgan fingerprint density at radius 3 is 2.54 bits per heavy atom. The number of rotatable bonds is 9. The van der Waals surface area contributed by atoms with Crippen LogP contribution < -0.4 is 0 Å². The van der Waals surface area contributed by atoms with E-state index in [4.69, 9.17) is 16.3 Å². The number of halogens is 2. The van der Waals surface area contributed by atoms with Crippen LogP contribution in [0.25, 0.3) is 0 Å². The molecule has 1 fully saturated rings. The second-order valence-corrected chi connectivity index (χ2v) is 9.52. The molecule has 2 aliphatic heterocycles. The Hall–Kier alpha value is -2.21. The summed E-state index contributed by atoms with van der Waals surface area (Å²) < 4.78 is 21.2. The summed E-state index contributed by atoms with van der Waals surface area (Å²) in [5.74, 6) is -0.784. The molecule has 2 aliphatic rings. The second kappa shape index (κ2) is 10.8. The van der Waals surface area contributed by atoms with E-state index in [0.717, 1.165) is 26.2 Å². The van der Waals surface area contributed by atoms with Crippen LogP contribution in [0.15, 0.2) is 24.5 Å². The first kappa shape index (κ1) is 25.9. The lowest BCUT2D eigenvalue weighted by Gasteiger charge is -2.38. The molecule has 2 aromatic rings. The van der Waals surface area contributed by atoms with E-state index in [9.17, 15) is 15.0 Å². The molecule has 4 rings (SSSR count). The minimum Gasteiger partial charge on any atom is -0.394 e. The van der Waals surface area contributed by atoms with Crippen LogP contribution in [0.2, 0.25) is 5.02 Å². The number of piperazine rings is 1. The number of aromatic nitrogens is 2. The molecule has 9 nitrogen and oxygen atoms in total. The Balaban J connectivity index is 1.65. The Labute approximate surface area is 209 Å². The molecule has 1 saturated heterocycles. The first-order valence-corrected chi connectivity index (χ1v) is 12.1. The number of nitrogens with zero attached hydrogens (tertiary/aromatic N) is 5. The van der Waals surface area contributed by atoms with Crippen molar-refractivity contribution in [2.24, 2.45) is 0 Å². The Bertz CT molecular complexity index is 1050. The maximum atomic E-state index is 15.6. The van der Waals surface area contributed by atoms with Gasteiger partial charge >= 0.3 is 0 Å². The highest BCUT2D eigenvalue weighted by Crippen LogP contribution is 2.40. The number of benzene rings is 1. The molecule has 2 unspecified atom stereocenters. The topological polar surface area (TPSA) is 102 Å². The summed E-state index contributed by atoms with van der Waals surface area (Å²) in [5.41, 5.74) is -0.754. The van der Waals surface area contributed by atoms with Gasteiger partial charge < -0.3 is 24.7 Å². The number of β-amino-alcohol motifs (C(OH)–C–C–N with tert-alkyl or cyclic N) is 1. The predicted molar refractivity (Wildman–Crippen MR) is 127 cm³/mol. The minimum absolute atomic E-state index is 0.0328. The normalized spacial score (nSPS) is 20.8. The van der Waals surface area contributed by atoms with Crippen LogP contribution >= 0.6 is 11.6 Å². The number of aliphatic hydroxyl groups excluding tert-OH is 1. The van der Waals surface area contributed by atoms with Gasteiger partial charge in [-0.25, -0.2) is 14.4 Å². The zero-order valence-corrected chi connectivity index (χ0v) is 20.7. The average molecular weight is 508 g/mol. The summed E-state index contributed by atoms with van der Waals surface area (Å²) >= 11 is 5.86. The quantitative estimate of drug-likeness (QED) is 0.529. The molecule has 3 heterocycles. The van der Waals surface area contributed by atoms with Crippen LogP contribution in [0.1, 0.15) is 46.9 Å². The number of amides is 1. The molecule has 1 amide bonds. The molecule has 2 atom stereocenters. The fourth-order valence-electron chi connectivity index (χ4n) is 4.58. The molecule has 0 spiro atoms. The molecule has 190 valence electrons. The van der Waals surface area contributed by atoms with Crippen LogP contribution in [-0.4, -0.2) is 93.8 Å². The fourth-order valence-corrected chi connectivity index (χ4v) is 4.68. The van der Waals surface area contributed by atoms with Gasteiger partial charge in [0.2, 0.25) is 0 Å². The number of aliphatic hydroxyl groups is 2. The molecule has 0 saturated carbocycles. The minimum atomic E-state index is -1.32. The highest BCUT2D eigenvalue weighted by molar-refractivity contribution is 6.30. The van der Waals surface area contributed by atoms with Crippen molar-refractivity contribution in [3.63, 3.8) is 0 Å². The van der Waals surface area contributed by atoms with Crippen LogP contribution in [-0.2, 0) is 16.9 Å². The standard InChI is InChI=1S/C24H31ClFN5O4/c1-3-24(34,15-30-6-4-29(2)5-7-30)16-10-18-21(19(26)11-16)23(35-9-8-32)31(22(18)33)14-20-27-12-17(25)13-28-20/h10-13,23,32,34H,3-9,14-15H2,1-2H3. The molecule has 1 aromatic heterocycles. The van der Waals surface area contributed by atoms with Crippen molar-refractivity contribution < 1.29 is 24.1 Å². The first-order valence-electron chi connectivity index (χ1n) is 11.7. The molecule has 35 heavy (non-hydrogen) atoms. The SMILES string of the molecule is CCC(O)(CN1CCN(C)CC1)c1cc(F)c2c(c1)C(=O)N(Cc1ncc(Cl)cn1)C2OCCO. The van der Waals surface area contributed by atoms with Crippen molar-refractivity contribution in [3.8, 4) is 0 Å². The monoisotopic (exact) mass is 507 g/mol. The van der Waals surface area contributed by atoms with E-state index in [-0.39, 0.29) is 30.9 Å². The van der Waals surface area contributed by atoms with Crippen molar-refractivity contribution in [2.45, 2.75) is 31.7 Å². The maximum Gasteiger partial charge on any atom is 0.257 e. The maximum absolute atomic E-state index is 15.6. The smallest absolute Gasteiger partial charge is 0.257 e. The van der Waals surface area contributed by atoms with Crippen molar-refractivity contribution in [3.05, 3.63) is 57.9 Å². The van der Waals surface area contributed by atoms with Gasteiger partial charge in [0.15, 0.2) is 6.23 Å². The number of fused-ring (bicyclic) bond motifs is 1. The van der Waals surface area contributed by atoms with Crippen LogP contribution in [0.3, 0.4) is 0 Å². The summed E-state index contributed by atoms with van der Waals surface area (Å²) in [6.45, 7) is 5.18.